The highest BCUT2D eigenvalue weighted by atomic mass is 79.9. The average molecular weight is 250 g/mol. The molecule has 1 aromatic carbocycles. The van der Waals surface area contributed by atoms with Gasteiger partial charge in [0, 0.05) is 16.6 Å². The van der Waals surface area contributed by atoms with Crippen molar-refractivity contribution in [1.82, 2.24) is 4.98 Å². The van der Waals surface area contributed by atoms with E-state index in [1.165, 1.54) is 41.4 Å². The summed E-state index contributed by atoms with van der Waals surface area (Å²) >= 11 is 3.73. The van der Waals surface area contributed by atoms with E-state index in [0.29, 0.717) is 4.83 Å². The molecule has 1 aliphatic carbocycles. The maximum Gasteiger partial charge on any atom is 0.0549 e. The van der Waals surface area contributed by atoms with Gasteiger partial charge in [-0.25, -0.2) is 0 Å². The van der Waals surface area contributed by atoms with E-state index >= 15 is 0 Å². The molecule has 14 heavy (non-hydrogen) atoms. The molecule has 1 heterocycles. The first-order chi connectivity index (χ1) is 6.86. The summed E-state index contributed by atoms with van der Waals surface area (Å²) in [7, 11) is 0. The Kier molecular flexibility index (Phi) is 1.91. The zero-order valence-corrected chi connectivity index (χ0v) is 9.47. The molecule has 0 saturated carbocycles. The molecule has 0 amide bonds. The lowest BCUT2D eigenvalue weighted by atomic mass is 9.96. The van der Waals surface area contributed by atoms with Crippen molar-refractivity contribution in [3.63, 3.8) is 0 Å². The van der Waals surface area contributed by atoms with Crippen LogP contribution in [0.25, 0.3) is 10.9 Å². The number of alkyl halides is 1. The fraction of sp³-hybridized carbons (Fsp3) is 0.333. The predicted octanol–water partition coefficient (Wildman–Crippen LogP) is 3.94. The Labute approximate surface area is 91.6 Å². The molecule has 2 aromatic rings. The molecular weight excluding hydrogens is 238 g/mol. The van der Waals surface area contributed by atoms with Crippen LogP contribution in [0.4, 0.5) is 0 Å². The van der Waals surface area contributed by atoms with Crippen LogP contribution in [0.3, 0.4) is 0 Å². The second kappa shape index (κ2) is 3.13. The fourth-order valence-corrected chi connectivity index (χ4v) is 3.07. The van der Waals surface area contributed by atoms with E-state index in [9.17, 15) is 0 Å². The molecule has 0 radical (unpaired) electrons. The fourth-order valence-electron chi connectivity index (χ4n) is 2.36. The van der Waals surface area contributed by atoms with E-state index in [1.54, 1.807) is 0 Å². The molecule has 0 fully saturated rings. The number of rotatable bonds is 0. The summed E-state index contributed by atoms with van der Waals surface area (Å²) < 4.78 is 0. The van der Waals surface area contributed by atoms with Gasteiger partial charge < -0.3 is 4.98 Å². The number of aromatic nitrogens is 1. The van der Waals surface area contributed by atoms with Crippen LogP contribution < -0.4 is 0 Å². The van der Waals surface area contributed by atoms with Gasteiger partial charge in [0.1, 0.15) is 0 Å². The van der Waals surface area contributed by atoms with Crippen LogP contribution >= 0.6 is 15.9 Å². The number of H-pyrrole nitrogens is 1. The van der Waals surface area contributed by atoms with Crippen molar-refractivity contribution in [3.8, 4) is 0 Å². The van der Waals surface area contributed by atoms with Crippen LogP contribution in [0.15, 0.2) is 24.3 Å². The summed E-state index contributed by atoms with van der Waals surface area (Å²) in [5.41, 5.74) is 4.20. The molecule has 0 bridgehead atoms. The lowest BCUT2D eigenvalue weighted by Gasteiger charge is -2.16. The zero-order valence-electron chi connectivity index (χ0n) is 7.89. The number of benzene rings is 1. The molecule has 1 nitrogen and oxygen atoms in total. The van der Waals surface area contributed by atoms with Crippen molar-refractivity contribution < 1.29 is 0 Å². The van der Waals surface area contributed by atoms with Gasteiger partial charge >= 0.3 is 0 Å². The van der Waals surface area contributed by atoms with Crippen molar-refractivity contribution in [1.29, 1.82) is 0 Å². The van der Waals surface area contributed by atoms with Crippen molar-refractivity contribution in [3.05, 3.63) is 35.5 Å². The molecule has 0 aliphatic heterocycles. The van der Waals surface area contributed by atoms with Gasteiger partial charge in [-0.15, -0.1) is 0 Å². The van der Waals surface area contributed by atoms with Crippen LogP contribution in [0.1, 0.15) is 28.9 Å². The number of nitrogens with one attached hydrogen (secondary N) is 1. The van der Waals surface area contributed by atoms with E-state index < -0.39 is 0 Å². The second-order valence-corrected chi connectivity index (χ2v) is 5.03. The predicted molar refractivity (Wildman–Crippen MR) is 62.9 cm³/mol. The molecular formula is C12H12BrN. The highest BCUT2D eigenvalue weighted by Gasteiger charge is 2.21. The van der Waals surface area contributed by atoms with Gasteiger partial charge in [0.05, 0.1) is 4.83 Å². The minimum Gasteiger partial charge on any atom is -0.357 e. The molecule has 3 rings (SSSR count). The number of halogens is 1. The average Bonchev–Trinajstić information content (AvgIpc) is 2.59. The minimum absolute atomic E-state index is 0.527. The third-order valence-corrected chi connectivity index (χ3v) is 3.96. The standard InChI is InChI=1S/C12H12BrN/c13-10-6-3-5-9-8-4-1-2-7-11(8)14-12(9)10/h1-2,4,7,10,14H,3,5-6H2. The van der Waals surface area contributed by atoms with Gasteiger partial charge in [-0.1, -0.05) is 34.1 Å². The van der Waals surface area contributed by atoms with Crippen molar-refractivity contribution in [2.45, 2.75) is 24.1 Å². The summed E-state index contributed by atoms with van der Waals surface area (Å²) in [6.07, 6.45) is 3.77. The van der Waals surface area contributed by atoms with Crippen LogP contribution in [0.5, 0.6) is 0 Å². The zero-order chi connectivity index (χ0) is 9.54. The van der Waals surface area contributed by atoms with E-state index in [-0.39, 0.29) is 0 Å². The number of aryl methyl sites for hydroxylation is 1. The van der Waals surface area contributed by atoms with E-state index in [1.807, 2.05) is 0 Å². The number of hydrogen-bond donors (Lipinski definition) is 1. The van der Waals surface area contributed by atoms with Crippen LogP contribution in [-0.4, -0.2) is 4.98 Å². The molecule has 0 saturated heterocycles. The second-order valence-electron chi connectivity index (χ2n) is 3.92. The number of hydrogen-bond acceptors (Lipinski definition) is 0. The maximum atomic E-state index is 3.73. The van der Waals surface area contributed by atoms with Crippen molar-refractivity contribution in [2.75, 3.05) is 0 Å². The molecule has 1 aromatic heterocycles. The summed E-state index contributed by atoms with van der Waals surface area (Å²) in [6.45, 7) is 0. The Morgan fingerprint density at radius 2 is 2.14 bits per heavy atom. The molecule has 1 atom stereocenters. The first-order valence-corrected chi connectivity index (χ1v) is 6.01. The SMILES string of the molecule is BrC1CCCc2c1[nH]c1ccccc21. The summed E-state index contributed by atoms with van der Waals surface area (Å²) in [4.78, 5) is 4.05. The normalized spacial score (nSPS) is 21.1. The lowest BCUT2D eigenvalue weighted by molar-refractivity contribution is 0.675. The van der Waals surface area contributed by atoms with Gasteiger partial charge in [0.15, 0.2) is 0 Å². The van der Waals surface area contributed by atoms with Crippen molar-refractivity contribution in [2.24, 2.45) is 0 Å². The number of fused-ring (bicyclic) bond motifs is 3. The first-order valence-electron chi connectivity index (χ1n) is 5.10. The molecule has 2 heteroatoms. The van der Waals surface area contributed by atoms with E-state index in [4.69, 9.17) is 0 Å². The number of para-hydroxylation sites is 1. The first kappa shape index (κ1) is 8.54. The molecule has 72 valence electrons. The highest BCUT2D eigenvalue weighted by Crippen LogP contribution is 2.38. The quantitative estimate of drug-likeness (QED) is 0.681. The Bertz CT molecular complexity index is 472. The van der Waals surface area contributed by atoms with E-state index in [0.717, 1.165) is 0 Å². The third-order valence-electron chi connectivity index (χ3n) is 3.04. The summed E-state index contributed by atoms with van der Waals surface area (Å²) in [5, 5.41) is 1.41. The molecule has 1 N–H and O–H groups in total. The number of aromatic amines is 1. The van der Waals surface area contributed by atoms with Gasteiger partial charge in [0.2, 0.25) is 0 Å². The van der Waals surface area contributed by atoms with Gasteiger partial charge in [-0.05, 0) is 30.9 Å². The van der Waals surface area contributed by atoms with Crippen LogP contribution in [0, 0.1) is 0 Å². The maximum absolute atomic E-state index is 3.73. The Balaban J connectivity index is 2.32. The summed E-state index contributed by atoms with van der Waals surface area (Å²) in [5.74, 6) is 0. The lowest BCUT2D eigenvalue weighted by Crippen LogP contribution is -2.03. The molecule has 1 unspecified atom stereocenters. The minimum atomic E-state index is 0.527. The van der Waals surface area contributed by atoms with E-state index in [2.05, 4.69) is 45.2 Å². The summed E-state index contributed by atoms with van der Waals surface area (Å²) in [6, 6.07) is 8.59. The van der Waals surface area contributed by atoms with Gasteiger partial charge in [-0.3, -0.25) is 0 Å². The monoisotopic (exact) mass is 249 g/mol. The molecule has 1 aliphatic rings. The van der Waals surface area contributed by atoms with Gasteiger partial charge in [-0.2, -0.15) is 0 Å². The van der Waals surface area contributed by atoms with Crippen LogP contribution in [0.2, 0.25) is 0 Å². The Morgan fingerprint density at radius 1 is 1.29 bits per heavy atom. The Hall–Kier alpha value is -0.760. The van der Waals surface area contributed by atoms with Crippen molar-refractivity contribution >= 4 is 26.8 Å². The Morgan fingerprint density at radius 3 is 3.07 bits per heavy atom. The smallest absolute Gasteiger partial charge is 0.0549 e. The van der Waals surface area contributed by atoms with Gasteiger partial charge in [0.25, 0.3) is 0 Å². The van der Waals surface area contributed by atoms with Crippen LogP contribution in [-0.2, 0) is 6.42 Å². The largest absolute Gasteiger partial charge is 0.357 e. The highest BCUT2D eigenvalue weighted by molar-refractivity contribution is 9.09. The topological polar surface area (TPSA) is 15.8 Å². The third kappa shape index (κ3) is 1.13. The molecule has 0 spiro atoms.